The predicted molar refractivity (Wildman–Crippen MR) is 100 cm³/mol. The van der Waals surface area contributed by atoms with Crippen LogP contribution in [0.15, 0.2) is 47.0 Å². The van der Waals surface area contributed by atoms with E-state index in [-0.39, 0.29) is 24.2 Å². The number of carbonyl (C=O) groups excluding carboxylic acids is 1. The number of hydrogen-bond donors (Lipinski definition) is 1. The molecule has 0 saturated carbocycles. The second kappa shape index (κ2) is 8.12. The Hall–Kier alpha value is -3.02. The molecule has 3 aromatic rings. The van der Waals surface area contributed by atoms with Crippen molar-refractivity contribution in [3.8, 4) is 11.4 Å². The van der Waals surface area contributed by atoms with E-state index >= 15 is 0 Å². The monoisotopic (exact) mass is 367 g/mol. The van der Waals surface area contributed by atoms with E-state index in [0.717, 1.165) is 16.7 Å². The lowest BCUT2D eigenvalue weighted by molar-refractivity contribution is -0.121. The van der Waals surface area contributed by atoms with Crippen LogP contribution in [0.4, 0.5) is 4.39 Å². The van der Waals surface area contributed by atoms with Gasteiger partial charge < -0.3 is 9.84 Å². The van der Waals surface area contributed by atoms with Crippen molar-refractivity contribution < 1.29 is 13.7 Å². The van der Waals surface area contributed by atoms with Gasteiger partial charge in [0, 0.05) is 18.4 Å². The van der Waals surface area contributed by atoms with E-state index in [9.17, 15) is 9.18 Å². The van der Waals surface area contributed by atoms with Crippen LogP contribution in [0.25, 0.3) is 11.4 Å². The predicted octanol–water partition coefficient (Wildman–Crippen LogP) is 4.30. The fourth-order valence-corrected chi connectivity index (χ4v) is 2.91. The maximum absolute atomic E-state index is 13.0. The number of aromatic nitrogens is 2. The zero-order valence-electron chi connectivity index (χ0n) is 15.6. The molecule has 6 heteroatoms. The van der Waals surface area contributed by atoms with Crippen LogP contribution in [-0.4, -0.2) is 16.0 Å². The summed E-state index contributed by atoms with van der Waals surface area (Å²) in [7, 11) is 0. The van der Waals surface area contributed by atoms with Gasteiger partial charge in [-0.05, 0) is 56.2 Å². The van der Waals surface area contributed by atoms with Gasteiger partial charge in [0.25, 0.3) is 0 Å². The molecule has 2 aromatic carbocycles. The first-order valence-corrected chi connectivity index (χ1v) is 8.87. The van der Waals surface area contributed by atoms with Gasteiger partial charge in [-0.25, -0.2) is 4.39 Å². The van der Waals surface area contributed by atoms with Crippen molar-refractivity contribution >= 4 is 5.91 Å². The smallest absolute Gasteiger partial charge is 0.227 e. The van der Waals surface area contributed by atoms with E-state index in [1.54, 1.807) is 12.1 Å². The van der Waals surface area contributed by atoms with Crippen LogP contribution in [0.5, 0.6) is 0 Å². The number of halogens is 1. The molecule has 0 fully saturated rings. The standard InChI is InChI=1S/C21H22FN3O2/c1-13-4-5-14(2)18(12-13)15(3)23-19(26)10-11-20-24-21(25-27-20)16-6-8-17(22)9-7-16/h4-9,12,15H,10-11H2,1-3H3,(H,23,26). The second-order valence-electron chi connectivity index (χ2n) is 6.67. The second-order valence-corrected chi connectivity index (χ2v) is 6.67. The Kier molecular flexibility index (Phi) is 5.64. The lowest BCUT2D eigenvalue weighted by Crippen LogP contribution is -2.27. The molecule has 1 heterocycles. The van der Waals surface area contributed by atoms with Gasteiger partial charge in [0.2, 0.25) is 17.6 Å². The van der Waals surface area contributed by atoms with Gasteiger partial charge in [-0.2, -0.15) is 4.98 Å². The highest BCUT2D eigenvalue weighted by molar-refractivity contribution is 5.76. The third kappa shape index (κ3) is 4.78. The molecule has 0 saturated heterocycles. The number of aryl methyl sites for hydroxylation is 3. The summed E-state index contributed by atoms with van der Waals surface area (Å²) < 4.78 is 18.2. The fourth-order valence-electron chi connectivity index (χ4n) is 2.91. The van der Waals surface area contributed by atoms with Crippen LogP contribution in [0.3, 0.4) is 0 Å². The van der Waals surface area contributed by atoms with Crippen LogP contribution in [0.1, 0.15) is 42.0 Å². The molecule has 0 bridgehead atoms. The van der Waals surface area contributed by atoms with E-state index < -0.39 is 0 Å². The number of rotatable bonds is 6. The third-order valence-corrected chi connectivity index (χ3v) is 4.42. The summed E-state index contributed by atoms with van der Waals surface area (Å²) in [6.45, 7) is 6.04. The van der Waals surface area contributed by atoms with Gasteiger partial charge >= 0.3 is 0 Å². The highest BCUT2D eigenvalue weighted by Gasteiger charge is 2.14. The van der Waals surface area contributed by atoms with Gasteiger partial charge in [0.15, 0.2) is 0 Å². The minimum absolute atomic E-state index is 0.0742. The van der Waals surface area contributed by atoms with Crippen molar-refractivity contribution in [1.29, 1.82) is 0 Å². The van der Waals surface area contributed by atoms with Gasteiger partial charge in [0.1, 0.15) is 5.82 Å². The Morgan fingerprint density at radius 1 is 1.19 bits per heavy atom. The van der Waals surface area contributed by atoms with Crippen molar-refractivity contribution in [2.75, 3.05) is 0 Å². The number of amides is 1. The zero-order chi connectivity index (χ0) is 19.4. The van der Waals surface area contributed by atoms with Gasteiger partial charge in [0.05, 0.1) is 6.04 Å². The molecule has 1 atom stereocenters. The molecule has 3 rings (SSSR count). The highest BCUT2D eigenvalue weighted by Crippen LogP contribution is 2.19. The SMILES string of the molecule is Cc1ccc(C)c(C(C)NC(=O)CCc2nc(-c3ccc(F)cc3)no2)c1. The summed E-state index contributed by atoms with van der Waals surface area (Å²) in [5.41, 5.74) is 4.09. The topological polar surface area (TPSA) is 68.0 Å². The first kappa shape index (κ1) is 18.8. The van der Waals surface area contributed by atoms with Crippen LogP contribution >= 0.6 is 0 Å². The number of carbonyl (C=O) groups is 1. The summed E-state index contributed by atoms with van der Waals surface area (Å²) in [6.07, 6.45) is 0.597. The quantitative estimate of drug-likeness (QED) is 0.705. The average molecular weight is 367 g/mol. The normalized spacial score (nSPS) is 12.0. The minimum Gasteiger partial charge on any atom is -0.350 e. The number of nitrogens with zero attached hydrogens (tertiary/aromatic N) is 2. The summed E-state index contributed by atoms with van der Waals surface area (Å²) in [4.78, 5) is 16.5. The van der Waals surface area contributed by atoms with Crippen molar-refractivity contribution in [3.05, 3.63) is 70.9 Å². The molecule has 1 amide bonds. The molecular weight excluding hydrogens is 345 g/mol. The lowest BCUT2D eigenvalue weighted by Gasteiger charge is -2.17. The molecule has 0 aliphatic carbocycles. The van der Waals surface area contributed by atoms with Crippen molar-refractivity contribution in [1.82, 2.24) is 15.5 Å². The number of nitrogens with one attached hydrogen (secondary N) is 1. The molecule has 0 aliphatic rings. The maximum Gasteiger partial charge on any atom is 0.227 e. The molecule has 0 spiro atoms. The first-order chi connectivity index (χ1) is 12.9. The van der Waals surface area contributed by atoms with E-state index in [1.165, 1.54) is 12.1 Å². The Labute approximate surface area is 157 Å². The van der Waals surface area contributed by atoms with Crippen LogP contribution in [0.2, 0.25) is 0 Å². The van der Waals surface area contributed by atoms with E-state index in [1.807, 2.05) is 20.8 Å². The van der Waals surface area contributed by atoms with Crippen molar-refractivity contribution in [2.45, 2.75) is 39.7 Å². The van der Waals surface area contributed by atoms with Gasteiger partial charge in [-0.3, -0.25) is 4.79 Å². The largest absolute Gasteiger partial charge is 0.350 e. The van der Waals surface area contributed by atoms with Gasteiger partial charge in [-0.15, -0.1) is 0 Å². The molecule has 5 nitrogen and oxygen atoms in total. The first-order valence-electron chi connectivity index (χ1n) is 8.87. The Balaban J connectivity index is 1.56. The Morgan fingerprint density at radius 3 is 2.67 bits per heavy atom. The summed E-state index contributed by atoms with van der Waals surface area (Å²) in [6, 6.07) is 12.0. The molecular formula is C21H22FN3O2. The average Bonchev–Trinajstić information content (AvgIpc) is 3.11. The summed E-state index contributed by atoms with van der Waals surface area (Å²) in [5, 5.41) is 6.89. The number of hydrogen-bond acceptors (Lipinski definition) is 4. The molecule has 0 aliphatic heterocycles. The molecule has 0 radical (unpaired) electrons. The summed E-state index contributed by atoms with van der Waals surface area (Å²) in [5.74, 6) is 0.361. The van der Waals surface area contributed by atoms with Crippen LogP contribution in [0, 0.1) is 19.7 Å². The Bertz CT molecular complexity index is 935. The van der Waals surface area contributed by atoms with E-state index in [0.29, 0.717) is 23.7 Å². The highest BCUT2D eigenvalue weighted by atomic mass is 19.1. The lowest BCUT2D eigenvalue weighted by atomic mass is 10.00. The maximum atomic E-state index is 13.0. The van der Waals surface area contributed by atoms with Crippen LogP contribution < -0.4 is 5.32 Å². The third-order valence-electron chi connectivity index (χ3n) is 4.42. The number of benzene rings is 2. The molecule has 27 heavy (non-hydrogen) atoms. The minimum atomic E-state index is -0.322. The van der Waals surface area contributed by atoms with Crippen molar-refractivity contribution in [2.24, 2.45) is 0 Å². The van der Waals surface area contributed by atoms with Gasteiger partial charge in [-0.1, -0.05) is 28.9 Å². The van der Waals surface area contributed by atoms with Crippen LogP contribution in [-0.2, 0) is 11.2 Å². The van der Waals surface area contributed by atoms with E-state index in [2.05, 4.69) is 33.7 Å². The molecule has 1 N–H and O–H groups in total. The van der Waals surface area contributed by atoms with Crippen molar-refractivity contribution in [3.63, 3.8) is 0 Å². The molecule has 140 valence electrons. The molecule has 1 aromatic heterocycles. The Morgan fingerprint density at radius 2 is 1.93 bits per heavy atom. The molecule has 1 unspecified atom stereocenters. The fraction of sp³-hybridized carbons (Fsp3) is 0.286. The summed E-state index contributed by atoms with van der Waals surface area (Å²) >= 11 is 0. The zero-order valence-corrected chi connectivity index (χ0v) is 15.6. The van der Waals surface area contributed by atoms with E-state index in [4.69, 9.17) is 4.52 Å².